The summed E-state index contributed by atoms with van der Waals surface area (Å²) in [6, 6.07) is 20.3. The molecule has 24 heavy (non-hydrogen) atoms. The van der Waals surface area contributed by atoms with E-state index in [0.717, 1.165) is 11.1 Å². The molecule has 6 heteroatoms. The maximum atomic E-state index is 7.50. The first-order valence-electron chi connectivity index (χ1n) is 5.34. The fraction of sp³-hybridized carbons (Fsp3) is 0. The average Bonchev–Trinajstić information content (AvgIpc) is 2.71. The molecule has 0 heterocycles. The number of benzene rings is 2. The Hall–Kier alpha value is -2.52. The summed E-state index contributed by atoms with van der Waals surface area (Å²) in [7, 11) is 0. The Bertz CT molecular complexity index is 391. The molecule has 0 fully saturated rings. The Morgan fingerprint density at radius 2 is 0.667 bits per heavy atom. The summed E-state index contributed by atoms with van der Waals surface area (Å²) >= 11 is 0. The second kappa shape index (κ2) is 37.1. The van der Waals surface area contributed by atoms with Gasteiger partial charge in [0.2, 0.25) is 0 Å². The van der Waals surface area contributed by atoms with Crippen LogP contribution in [0.4, 0.5) is 0 Å². The third-order valence-electron chi connectivity index (χ3n) is 1.84. The van der Waals surface area contributed by atoms with Gasteiger partial charge in [0, 0.05) is 21.1 Å². The molecular formula is C18H10O5W. The Morgan fingerprint density at radius 1 is 0.458 bits per heavy atom. The normalized spacial score (nSPS) is 6.17. The van der Waals surface area contributed by atoms with Crippen LogP contribution in [-0.4, -0.2) is 33.9 Å². The van der Waals surface area contributed by atoms with Crippen LogP contribution in [0.3, 0.4) is 0 Å². The third kappa shape index (κ3) is 21.8. The molecule has 0 aromatic heterocycles. The van der Waals surface area contributed by atoms with Crippen LogP contribution < -0.4 is 0 Å². The van der Waals surface area contributed by atoms with Crippen molar-refractivity contribution in [2.24, 2.45) is 0 Å². The fourth-order valence-electron chi connectivity index (χ4n) is 1.21. The van der Waals surface area contributed by atoms with Crippen molar-refractivity contribution in [1.82, 2.24) is 0 Å². The standard InChI is InChI=1S/C13H10.5CO.W/c1-3-7-12(8-4-1)11-13-9-5-2-6-10-13;5*1-2;/h1-10H;;;;;;. The van der Waals surface area contributed by atoms with Crippen molar-refractivity contribution in [3.05, 3.63) is 78.2 Å². The molecule has 0 unspecified atom stereocenters. The van der Waals surface area contributed by atoms with Crippen molar-refractivity contribution in [3.63, 3.8) is 0 Å². The topological polar surface area (TPSA) is 85.3 Å². The predicted octanol–water partition coefficient (Wildman–Crippen LogP) is 1.18. The second-order valence-corrected chi connectivity index (χ2v) is 2.86. The number of carbonyl (C=O) groups excluding carboxylic acids is 5. The number of rotatable bonds is 2. The molecule has 0 aliphatic carbocycles. The van der Waals surface area contributed by atoms with Crippen molar-refractivity contribution in [2.75, 3.05) is 0 Å². The van der Waals surface area contributed by atoms with E-state index in [-0.39, 0.29) is 21.1 Å². The van der Waals surface area contributed by atoms with Crippen LogP contribution in [-0.2, 0) is 45.0 Å². The van der Waals surface area contributed by atoms with E-state index in [4.69, 9.17) is 24.0 Å². The van der Waals surface area contributed by atoms with Gasteiger partial charge in [0.25, 0.3) is 33.9 Å². The maximum absolute atomic E-state index is 7.50. The third-order valence-corrected chi connectivity index (χ3v) is 1.84. The molecule has 2 aromatic rings. The summed E-state index contributed by atoms with van der Waals surface area (Å²) < 4.78 is 0. The molecule has 0 saturated heterocycles. The van der Waals surface area contributed by atoms with E-state index < -0.39 is 0 Å². The maximum Gasteiger partial charge on any atom is 0.281 e. The SMILES string of the molecule is [C](c1ccccc1)c1ccccc1.[C]=O.[C]=O.[C]=O.[C]=O.[C]=O.[W]. The van der Waals surface area contributed by atoms with E-state index in [9.17, 15) is 0 Å². The molecule has 5 nitrogen and oxygen atoms in total. The predicted molar refractivity (Wildman–Crippen MR) is 82.8 cm³/mol. The van der Waals surface area contributed by atoms with E-state index in [1.807, 2.05) is 60.7 Å². The molecule has 2 aromatic carbocycles. The van der Waals surface area contributed by atoms with Crippen LogP contribution in [0.5, 0.6) is 0 Å². The van der Waals surface area contributed by atoms with Gasteiger partial charge in [-0.25, -0.2) is 0 Å². The molecule has 0 aliphatic heterocycles. The Balaban J connectivity index is -0.0000000950. The van der Waals surface area contributed by atoms with E-state index in [1.165, 1.54) is 0 Å². The summed E-state index contributed by atoms with van der Waals surface area (Å²) in [6.45, 7) is 22.5. The monoisotopic (exact) mass is 490 g/mol. The first kappa shape index (κ1) is 33.2. The van der Waals surface area contributed by atoms with Crippen LogP contribution in [0, 0.1) is 6.42 Å². The van der Waals surface area contributed by atoms with E-state index in [2.05, 4.69) is 40.4 Å². The molecule has 0 spiro atoms. The first-order valence-corrected chi connectivity index (χ1v) is 5.34. The Kier molecular flexibility index (Phi) is 51.2. The van der Waals surface area contributed by atoms with Crippen LogP contribution in [0.2, 0.25) is 0 Å². The van der Waals surface area contributed by atoms with Gasteiger partial charge in [-0.2, -0.15) is 0 Å². The van der Waals surface area contributed by atoms with Gasteiger partial charge in [-0.3, -0.25) is 24.0 Å². The van der Waals surface area contributed by atoms with Gasteiger partial charge in [-0.1, -0.05) is 60.7 Å². The summed E-state index contributed by atoms with van der Waals surface area (Å²) in [4.78, 5) is 37.5. The molecule has 0 atom stereocenters. The van der Waals surface area contributed by atoms with Gasteiger partial charge in [0.1, 0.15) is 0 Å². The average molecular weight is 490 g/mol. The molecule has 12 radical (unpaired) electrons. The summed E-state index contributed by atoms with van der Waals surface area (Å²) in [5.41, 5.74) is 2.24. The van der Waals surface area contributed by atoms with Crippen molar-refractivity contribution in [2.45, 2.75) is 0 Å². The summed E-state index contributed by atoms with van der Waals surface area (Å²) in [6.07, 6.45) is 3.30. The summed E-state index contributed by atoms with van der Waals surface area (Å²) in [5.74, 6) is 0. The zero-order chi connectivity index (χ0) is 18.9. The fourth-order valence-corrected chi connectivity index (χ4v) is 1.21. The Labute approximate surface area is 157 Å². The largest absolute Gasteiger partial charge is 0.281 e. The number of hydrogen-bond donors (Lipinski definition) is 0. The van der Waals surface area contributed by atoms with E-state index in [0.29, 0.717) is 0 Å². The van der Waals surface area contributed by atoms with E-state index in [1.54, 1.807) is 0 Å². The molecule has 0 saturated carbocycles. The van der Waals surface area contributed by atoms with Crippen molar-refractivity contribution < 1.29 is 45.0 Å². The van der Waals surface area contributed by atoms with Crippen LogP contribution in [0.15, 0.2) is 60.7 Å². The zero-order valence-electron chi connectivity index (χ0n) is 12.2. The molecule has 0 amide bonds. The van der Waals surface area contributed by atoms with Crippen molar-refractivity contribution in [3.8, 4) is 0 Å². The quantitative estimate of drug-likeness (QED) is 0.632. The van der Waals surface area contributed by atoms with Gasteiger partial charge in [-0.05, 0) is 11.1 Å². The van der Waals surface area contributed by atoms with E-state index >= 15 is 0 Å². The molecule has 0 N–H and O–H groups in total. The molecule has 0 aliphatic rings. The smallest absolute Gasteiger partial charge is 0.281 e. The zero-order valence-corrected chi connectivity index (χ0v) is 15.2. The number of hydrogen-bond acceptors (Lipinski definition) is 5. The van der Waals surface area contributed by atoms with Crippen LogP contribution in [0.1, 0.15) is 11.1 Å². The van der Waals surface area contributed by atoms with Gasteiger partial charge in [0.15, 0.2) is 0 Å². The summed E-state index contributed by atoms with van der Waals surface area (Å²) in [5, 5.41) is 0. The van der Waals surface area contributed by atoms with Gasteiger partial charge >= 0.3 is 0 Å². The minimum atomic E-state index is 0. The van der Waals surface area contributed by atoms with Crippen LogP contribution in [0.25, 0.3) is 0 Å². The van der Waals surface area contributed by atoms with Gasteiger partial charge < -0.3 is 0 Å². The molecule has 0 bridgehead atoms. The molecule has 2 rings (SSSR count). The van der Waals surface area contributed by atoms with Crippen molar-refractivity contribution >= 4 is 33.9 Å². The molecule has 118 valence electrons. The van der Waals surface area contributed by atoms with Gasteiger partial charge in [-0.15, -0.1) is 0 Å². The molecular weight excluding hydrogens is 480 g/mol. The minimum absolute atomic E-state index is 0. The second-order valence-electron chi connectivity index (χ2n) is 2.86. The first-order chi connectivity index (χ1) is 11.4. The van der Waals surface area contributed by atoms with Crippen molar-refractivity contribution in [1.29, 1.82) is 0 Å². The van der Waals surface area contributed by atoms with Crippen LogP contribution >= 0.6 is 0 Å². The Morgan fingerprint density at radius 3 is 0.875 bits per heavy atom. The van der Waals surface area contributed by atoms with Gasteiger partial charge in [0.05, 0.1) is 6.42 Å². The minimum Gasteiger partial charge on any atom is -0.281 e.